The molecule has 0 amide bonds. The first-order valence-electron chi connectivity index (χ1n) is 6.85. The zero-order valence-electron chi connectivity index (χ0n) is 11.0. The van der Waals surface area contributed by atoms with Gasteiger partial charge in [-0.05, 0) is 36.9 Å². The Balaban J connectivity index is 1.81. The highest BCUT2D eigenvalue weighted by molar-refractivity contribution is 6.20. The highest BCUT2D eigenvalue weighted by Crippen LogP contribution is 2.26. The van der Waals surface area contributed by atoms with Crippen LogP contribution >= 0.6 is 11.6 Å². The molecular weight excluding hydrogens is 246 g/mol. The molecule has 0 fully saturated rings. The third-order valence-electron chi connectivity index (χ3n) is 3.50. The Kier molecular flexibility index (Phi) is 5.48. The predicted molar refractivity (Wildman–Crippen MR) is 76.3 cm³/mol. The SMILES string of the molecule is CCC(Cl)CCNCC1OCCc2ccccc21. The van der Waals surface area contributed by atoms with Crippen LogP contribution in [0.15, 0.2) is 24.3 Å². The molecule has 1 aliphatic heterocycles. The smallest absolute Gasteiger partial charge is 0.0952 e. The molecule has 1 aromatic rings. The molecule has 0 aromatic heterocycles. The van der Waals surface area contributed by atoms with Gasteiger partial charge in [0.1, 0.15) is 0 Å². The summed E-state index contributed by atoms with van der Waals surface area (Å²) >= 11 is 6.10. The molecule has 0 aliphatic carbocycles. The lowest BCUT2D eigenvalue weighted by atomic mass is 9.97. The van der Waals surface area contributed by atoms with Crippen molar-refractivity contribution < 1.29 is 4.74 Å². The van der Waals surface area contributed by atoms with E-state index < -0.39 is 0 Å². The third-order valence-corrected chi connectivity index (χ3v) is 4.03. The molecule has 2 rings (SSSR count). The number of benzene rings is 1. The summed E-state index contributed by atoms with van der Waals surface area (Å²) in [7, 11) is 0. The highest BCUT2D eigenvalue weighted by Gasteiger charge is 2.19. The summed E-state index contributed by atoms with van der Waals surface area (Å²) in [5, 5.41) is 3.74. The first-order valence-corrected chi connectivity index (χ1v) is 7.29. The number of hydrogen-bond donors (Lipinski definition) is 1. The lowest BCUT2D eigenvalue weighted by molar-refractivity contribution is 0.0426. The van der Waals surface area contributed by atoms with Crippen molar-refractivity contribution in [3.63, 3.8) is 0 Å². The van der Waals surface area contributed by atoms with Gasteiger partial charge in [0.05, 0.1) is 12.7 Å². The van der Waals surface area contributed by atoms with E-state index >= 15 is 0 Å². The average molecular weight is 268 g/mol. The number of hydrogen-bond acceptors (Lipinski definition) is 2. The van der Waals surface area contributed by atoms with E-state index in [1.165, 1.54) is 11.1 Å². The van der Waals surface area contributed by atoms with Crippen LogP contribution in [0.5, 0.6) is 0 Å². The molecule has 1 aromatic carbocycles. The van der Waals surface area contributed by atoms with E-state index in [2.05, 4.69) is 36.5 Å². The average Bonchev–Trinajstić information content (AvgIpc) is 2.43. The van der Waals surface area contributed by atoms with Gasteiger partial charge in [0.25, 0.3) is 0 Å². The minimum atomic E-state index is 0.199. The van der Waals surface area contributed by atoms with Crippen molar-refractivity contribution >= 4 is 11.6 Å². The molecule has 2 atom stereocenters. The van der Waals surface area contributed by atoms with Crippen molar-refractivity contribution in [1.82, 2.24) is 5.32 Å². The number of rotatable bonds is 6. The van der Waals surface area contributed by atoms with Gasteiger partial charge in [0.15, 0.2) is 0 Å². The van der Waals surface area contributed by atoms with Gasteiger partial charge < -0.3 is 10.1 Å². The third kappa shape index (κ3) is 3.71. The van der Waals surface area contributed by atoms with Gasteiger partial charge >= 0.3 is 0 Å². The normalized spacial score (nSPS) is 20.4. The van der Waals surface area contributed by atoms with Gasteiger partial charge in [-0.15, -0.1) is 11.6 Å². The number of fused-ring (bicyclic) bond motifs is 1. The molecule has 1 heterocycles. The zero-order valence-corrected chi connectivity index (χ0v) is 11.7. The molecule has 0 spiro atoms. The second kappa shape index (κ2) is 7.13. The Morgan fingerprint density at radius 3 is 3.11 bits per heavy atom. The minimum absolute atomic E-state index is 0.199. The molecule has 2 unspecified atom stereocenters. The Morgan fingerprint density at radius 2 is 2.28 bits per heavy atom. The van der Waals surface area contributed by atoms with E-state index in [4.69, 9.17) is 16.3 Å². The summed E-state index contributed by atoms with van der Waals surface area (Å²) in [6.45, 7) is 4.79. The van der Waals surface area contributed by atoms with E-state index in [0.717, 1.165) is 39.0 Å². The second-order valence-electron chi connectivity index (χ2n) is 4.81. The molecular formula is C15H22ClNO. The minimum Gasteiger partial charge on any atom is -0.372 e. The van der Waals surface area contributed by atoms with E-state index in [0.29, 0.717) is 0 Å². The van der Waals surface area contributed by atoms with Gasteiger partial charge in [-0.3, -0.25) is 0 Å². The lowest BCUT2D eigenvalue weighted by Crippen LogP contribution is -2.28. The summed E-state index contributed by atoms with van der Waals surface area (Å²) in [5.41, 5.74) is 2.77. The van der Waals surface area contributed by atoms with Gasteiger partial charge in [0.2, 0.25) is 0 Å². The number of ether oxygens (including phenoxy) is 1. The summed E-state index contributed by atoms with van der Waals surface area (Å²) in [5.74, 6) is 0. The fraction of sp³-hybridized carbons (Fsp3) is 0.600. The van der Waals surface area contributed by atoms with Crippen LogP contribution in [0.3, 0.4) is 0 Å². The first-order chi connectivity index (χ1) is 8.81. The standard InChI is InChI=1S/C15H22ClNO/c1-2-13(16)7-9-17-11-15-14-6-4-3-5-12(14)8-10-18-15/h3-6,13,15,17H,2,7-11H2,1H3. The van der Waals surface area contributed by atoms with Crippen LogP contribution in [-0.2, 0) is 11.2 Å². The summed E-state index contributed by atoms with van der Waals surface area (Å²) in [6, 6.07) is 8.58. The van der Waals surface area contributed by atoms with Crippen molar-refractivity contribution in [3.05, 3.63) is 35.4 Å². The molecule has 2 nitrogen and oxygen atoms in total. The Morgan fingerprint density at radius 1 is 1.44 bits per heavy atom. The maximum Gasteiger partial charge on any atom is 0.0952 e. The van der Waals surface area contributed by atoms with Crippen LogP contribution in [0.1, 0.15) is 37.0 Å². The van der Waals surface area contributed by atoms with E-state index in [1.54, 1.807) is 0 Å². The van der Waals surface area contributed by atoms with Gasteiger partial charge in [-0.25, -0.2) is 0 Å². The topological polar surface area (TPSA) is 21.3 Å². The van der Waals surface area contributed by atoms with Crippen LogP contribution in [0.4, 0.5) is 0 Å². The first kappa shape index (κ1) is 13.9. The van der Waals surface area contributed by atoms with Crippen LogP contribution in [0, 0.1) is 0 Å². The van der Waals surface area contributed by atoms with Crippen molar-refractivity contribution in [2.75, 3.05) is 19.7 Å². The van der Waals surface area contributed by atoms with Crippen LogP contribution in [0.2, 0.25) is 0 Å². The number of halogens is 1. The molecule has 18 heavy (non-hydrogen) atoms. The molecule has 3 heteroatoms. The van der Waals surface area contributed by atoms with Crippen LogP contribution < -0.4 is 5.32 Å². The van der Waals surface area contributed by atoms with Gasteiger partial charge in [-0.2, -0.15) is 0 Å². The fourth-order valence-electron chi connectivity index (χ4n) is 2.34. The number of alkyl halides is 1. The fourth-order valence-corrected chi connectivity index (χ4v) is 2.45. The van der Waals surface area contributed by atoms with Crippen molar-refractivity contribution in [1.29, 1.82) is 0 Å². The zero-order chi connectivity index (χ0) is 12.8. The van der Waals surface area contributed by atoms with Gasteiger partial charge in [0, 0.05) is 11.9 Å². The molecule has 0 saturated carbocycles. The van der Waals surface area contributed by atoms with Crippen LogP contribution in [-0.4, -0.2) is 25.1 Å². The summed E-state index contributed by atoms with van der Waals surface area (Å²) in [6.07, 6.45) is 3.29. The molecule has 0 bridgehead atoms. The predicted octanol–water partition coefficient (Wildman–Crippen LogP) is 3.30. The van der Waals surface area contributed by atoms with E-state index in [1.807, 2.05) is 0 Å². The summed E-state index contributed by atoms with van der Waals surface area (Å²) < 4.78 is 5.84. The highest BCUT2D eigenvalue weighted by atomic mass is 35.5. The maximum atomic E-state index is 6.10. The summed E-state index contributed by atoms with van der Waals surface area (Å²) in [4.78, 5) is 0. The van der Waals surface area contributed by atoms with Crippen molar-refractivity contribution in [2.45, 2.75) is 37.7 Å². The maximum absolute atomic E-state index is 6.10. The molecule has 1 aliphatic rings. The van der Waals surface area contributed by atoms with E-state index in [9.17, 15) is 0 Å². The Bertz CT molecular complexity index is 369. The molecule has 0 radical (unpaired) electrons. The van der Waals surface area contributed by atoms with Crippen molar-refractivity contribution in [2.24, 2.45) is 0 Å². The molecule has 0 saturated heterocycles. The Labute approximate surface area is 115 Å². The van der Waals surface area contributed by atoms with Crippen LogP contribution in [0.25, 0.3) is 0 Å². The largest absolute Gasteiger partial charge is 0.372 e. The van der Waals surface area contributed by atoms with Crippen molar-refractivity contribution in [3.8, 4) is 0 Å². The quantitative estimate of drug-likeness (QED) is 0.631. The lowest BCUT2D eigenvalue weighted by Gasteiger charge is -2.26. The Hall–Kier alpha value is -0.570. The van der Waals surface area contributed by atoms with Gasteiger partial charge in [-0.1, -0.05) is 31.2 Å². The number of nitrogens with one attached hydrogen (secondary N) is 1. The second-order valence-corrected chi connectivity index (χ2v) is 5.42. The van der Waals surface area contributed by atoms with E-state index in [-0.39, 0.29) is 11.5 Å². The molecule has 100 valence electrons. The monoisotopic (exact) mass is 267 g/mol. The molecule has 1 N–H and O–H groups in total.